The van der Waals surface area contributed by atoms with E-state index >= 15 is 0 Å². The van der Waals surface area contributed by atoms with E-state index in [2.05, 4.69) is 15.3 Å². The molecule has 0 atom stereocenters. The number of thiazole rings is 1. The number of methoxy groups -OCH3 is 1. The molecule has 26 heavy (non-hydrogen) atoms. The first-order chi connectivity index (χ1) is 12.7. The molecule has 1 aromatic carbocycles. The fourth-order valence-electron chi connectivity index (χ4n) is 2.59. The molecule has 0 spiro atoms. The molecule has 6 heteroatoms. The van der Waals surface area contributed by atoms with Crippen LogP contribution in [0, 0.1) is 6.92 Å². The zero-order chi connectivity index (χ0) is 18.4. The molecule has 134 valence electrons. The maximum absolute atomic E-state index is 12.3. The van der Waals surface area contributed by atoms with Crippen LogP contribution in [0.1, 0.15) is 16.1 Å². The van der Waals surface area contributed by atoms with Gasteiger partial charge in [0, 0.05) is 29.4 Å². The number of aromatic nitrogens is 2. The van der Waals surface area contributed by atoms with Gasteiger partial charge in [0.1, 0.15) is 10.8 Å². The standard InChI is InChI=1S/C20H21N3O2S/c1-14-18(26-20(23-14)16-6-4-9-21-13-16)12-19(24)22-10-8-15-5-3-7-17(11-15)25-2/h3-7,9,11,13H,8,10,12H2,1-2H3,(H,22,24). The first-order valence-corrected chi connectivity index (χ1v) is 9.23. The highest BCUT2D eigenvalue weighted by Crippen LogP contribution is 2.27. The van der Waals surface area contributed by atoms with E-state index in [-0.39, 0.29) is 5.91 Å². The molecule has 0 aliphatic carbocycles. The van der Waals surface area contributed by atoms with Crippen LogP contribution in [-0.4, -0.2) is 29.5 Å². The largest absolute Gasteiger partial charge is 0.497 e. The van der Waals surface area contributed by atoms with Crippen molar-refractivity contribution < 1.29 is 9.53 Å². The number of carbonyl (C=O) groups is 1. The molecule has 2 heterocycles. The third-order valence-corrected chi connectivity index (χ3v) is 5.20. The number of ether oxygens (including phenoxy) is 1. The van der Waals surface area contributed by atoms with Gasteiger partial charge in [-0.15, -0.1) is 11.3 Å². The molecule has 3 aromatic rings. The molecule has 0 fully saturated rings. The average Bonchev–Trinajstić information content (AvgIpc) is 3.03. The van der Waals surface area contributed by atoms with Crippen molar-refractivity contribution in [3.63, 3.8) is 0 Å². The molecule has 0 bridgehead atoms. The Morgan fingerprint density at radius 3 is 2.92 bits per heavy atom. The van der Waals surface area contributed by atoms with Crippen molar-refractivity contribution in [3.05, 3.63) is 64.9 Å². The Morgan fingerprint density at radius 2 is 2.15 bits per heavy atom. The SMILES string of the molecule is COc1cccc(CCNC(=O)Cc2sc(-c3cccnc3)nc2C)c1. The van der Waals surface area contributed by atoms with Crippen molar-refractivity contribution in [1.29, 1.82) is 0 Å². The van der Waals surface area contributed by atoms with Gasteiger partial charge in [0.25, 0.3) is 0 Å². The molecular formula is C20H21N3O2S. The number of amides is 1. The van der Waals surface area contributed by atoms with E-state index in [1.807, 2.05) is 43.3 Å². The first kappa shape index (κ1) is 18.1. The topological polar surface area (TPSA) is 64.1 Å². The summed E-state index contributed by atoms with van der Waals surface area (Å²) in [6.07, 6.45) is 4.64. The third kappa shape index (κ3) is 4.67. The lowest BCUT2D eigenvalue weighted by molar-refractivity contribution is -0.120. The summed E-state index contributed by atoms with van der Waals surface area (Å²) in [4.78, 5) is 21.9. The van der Waals surface area contributed by atoms with Gasteiger partial charge in [0.05, 0.1) is 19.2 Å². The van der Waals surface area contributed by atoms with Crippen LogP contribution in [0.2, 0.25) is 0 Å². The van der Waals surface area contributed by atoms with Crippen LogP contribution in [-0.2, 0) is 17.6 Å². The molecule has 3 rings (SSSR count). The van der Waals surface area contributed by atoms with E-state index in [0.29, 0.717) is 13.0 Å². The summed E-state index contributed by atoms with van der Waals surface area (Å²) < 4.78 is 5.22. The molecule has 2 aromatic heterocycles. The monoisotopic (exact) mass is 367 g/mol. The van der Waals surface area contributed by atoms with Crippen molar-refractivity contribution in [2.75, 3.05) is 13.7 Å². The zero-order valence-corrected chi connectivity index (χ0v) is 15.7. The van der Waals surface area contributed by atoms with Crippen LogP contribution >= 0.6 is 11.3 Å². The average molecular weight is 367 g/mol. The van der Waals surface area contributed by atoms with Gasteiger partial charge in [-0.2, -0.15) is 0 Å². The second-order valence-corrected chi connectivity index (χ2v) is 6.98. The number of hydrogen-bond donors (Lipinski definition) is 1. The maximum atomic E-state index is 12.3. The van der Waals surface area contributed by atoms with Gasteiger partial charge in [-0.25, -0.2) is 4.98 Å². The second-order valence-electron chi connectivity index (χ2n) is 5.90. The van der Waals surface area contributed by atoms with E-state index in [4.69, 9.17) is 4.74 Å². The smallest absolute Gasteiger partial charge is 0.225 e. The molecule has 0 aliphatic heterocycles. The lowest BCUT2D eigenvalue weighted by Gasteiger charge is -2.06. The number of hydrogen-bond acceptors (Lipinski definition) is 5. The summed E-state index contributed by atoms with van der Waals surface area (Å²) in [5.74, 6) is 0.842. The summed E-state index contributed by atoms with van der Waals surface area (Å²) in [6.45, 7) is 2.54. The number of carbonyl (C=O) groups excluding carboxylic acids is 1. The molecule has 0 saturated carbocycles. The van der Waals surface area contributed by atoms with Gasteiger partial charge in [-0.1, -0.05) is 12.1 Å². The first-order valence-electron chi connectivity index (χ1n) is 8.42. The van der Waals surface area contributed by atoms with E-state index in [9.17, 15) is 4.79 Å². The van der Waals surface area contributed by atoms with Crippen molar-refractivity contribution in [3.8, 4) is 16.3 Å². The number of pyridine rings is 1. The number of benzene rings is 1. The van der Waals surface area contributed by atoms with E-state index in [0.717, 1.165) is 38.9 Å². The predicted molar refractivity (Wildman–Crippen MR) is 103 cm³/mol. The number of rotatable bonds is 7. The highest BCUT2D eigenvalue weighted by atomic mass is 32.1. The fraction of sp³-hybridized carbons (Fsp3) is 0.250. The second kappa shape index (κ2) is 8.58. The van der Waals surface area contributed by atoms with Crippen molar-refractivity contribution in [2.24, 2.45) is 0 Å². The minimum absolute atomic E-state index is 0.0115. The maximum Gasteiger partial charge on any atom is 0.225 e. The lowest BCUT2D eigenvalue weighted by atomic mass is 10.1. The van der Waals surface area contributed by atoms with Gasteiger partial charge in [0.2, 0.25) is 5.91 Å². The quantitative estimate of drug-likeness (QED) is 0.695. The van der Waals surface area contributed by atoms with Crippen molar-refractivity contribution in [2.45, 2.75) is 19.8 Å². The highest BCUT2D eigenvalue weighted by molar-refractivity contribution is 7.15. The molecule has 1 amide bonds. The molecule has 0 radical (unpaired) electrons. The van der Waals surface area contributed by atoms with Crippen LogP contribution in [0.15, 0.2) is 48.8 Å². The molecule has 5 nitrogen and oxygen atoms in total. The Kier molecular flexibility index (Phi) is 5.96. The van der Waals surface area contributed by atoms with Gasteiger partial charge in [-0.3, -0.25) is 9.78 Å². The van der Waals surface area contributed by atoms with Crippen LogP contribution in [0.3, 0.4) is 0 Å². The van der Waals surface area contributed by atoms with Gasteiger partial charge in [-0.05, 0) is 43.2 Å². The zero-order valence-electron chi connectivity index (χ0n) is 14.9. The predicted octanol–water partition coefficient (Wildman–Crippen LogP) is 3.42. The van der Waals surface area contributed by atoms with E-state index in [1.54, 1.807) is 30.8 Å². The van der Waals surface area contributed by atoms with E-state index < -0.39 is 0 Å². The minimum Gasteiger partial charge on any atom is -0.497 e. The molecule has 0 aliphatic rings. The molecule has 0 saturated heterocycles. The number of nitrogens with one attached hydrogen (secondary N) is 1. The van der Waals surface area contributed by atoms with Crippen LogP contribution in [0.4, 0.5) is 0 Å². The Labute approximate surface area is 157 Å². The summed E-state index contributed by atoms with van der Waals surface area (Å²) in [5.41, 5.74) is 3.01. The fourth-order valence-corrected chi connectivity index (χ4v) is 3.64. The number of nitrogens with zero attached hydrogens (tertiary/aromatic N) is 2. The highest BCUT2D eigenvalue weighted by Gasteiger charge is 2.13. The van der Waals surface area contributed by atoms with Crippen LogP contribution in [0.25, 0.3) is 10.6 Å². The normalized spacial score (nSPS) is 10.5. The Hall–Kier alpha value is -2.73. The molecule has 0 unspecified atom stereocenters. The van der Waals surface area contributed by atoms with Gasteiger partial charge >= 0.3 is 0 Å². The molecular weight excluding hydrogens is 346 g/mol. The van der Waals surface area contributed by atoms with Crippen LogP contribution < -0.4 is 10.1 Å². The van der Waals surface area contributed by atoms with Crippen molar-refractivity contribution >= 4 is 17.2 Å². The summed E-state index contributed by atoms with van der Waals surface area (Å²) in [7, 11) is 1.65. The Bertz CT molecular complexity index is 878. The van der Waals surface area contributed by atoms with E-state index in [1.165, 1.54) is 0 Å². The summed E-state index contributed by atoms with van der Waals surface area (Å²) in [6, 6.07) is 11.7. The lowest BCUT2D eigenvalue weighted by Crippen LogP contribution is -2.27. The minimum atomic E-state index is 0.0115. The van der Waals surface area contributed by atoms with Crippen LogP contribution in [0.5, 0.6) is 5.75 Å². The Morgan fingerprint density at radius 1 is 1.27 bits per heavy atom. The van der Waals surface area contributed by atoms with Gasteiger partial charge in [0.15, 0.2) is 0 Å². The Balaban J connectivity index is 1.54. The molecule has 1 N–H and O–H groups in total. The summed E-state index contributed by atoms with van der Waals surface area (Å²) >= 11 is 1.55. The summed E-state index contributed by atoms with van der Waals surface area (Å²) in [5, 5.41) is 3.88. The number of aryl methyl sites for hydroxylation is 1. The van der Waals surface area contributed by atoms with Crippen molar-refractivity contribution in [1.82, 2.24) is 15.3 Å². The van der Waals surface area contributed by atoms with Gasteiger partial charge < -0.3 is 10.1 Å². The third-order valence-electron chi connectivity index (χ3n) is 3.99.